The summed E-state index contributed by atoms with van der Waals surface area (Å²) < 4.78 is 0. The monoisotopic (exact) mass is 216 g/mol. The zero-order chi connectivity index (χ0) is 9.31. The van der Waals surface area contributed by atoms with Crippen molar-refractivity contribution in [2.45, 2.75) is 31.8 Å². The summed E-state index contributed by atoms with van der Waals surface area (Å²) in [6, 6.07) is 0. The van der Waals surface area contributed by atoms with Gasteiger partial charge in [-0.05, 0) is 19.8 Å². The van der Waals surface area contributed by atoms with Crippen molar-refractivity contribution in [1.29, 1.82) is 0 Å². The van der Waals surface area contributed by atoms with Crippen LogP contribution in [0.3, 0.4) is 0 Å². The van der Waals surface area contributed by atoms with Gasteiger partial charge in [-0.3, -0.25) is 0 Å². The molecule has 1 N–H and O–H groups in total. The van der Waals surface area contributed by atoms with Crippen molar-refractivity contribution in [2.24, 2.45) is 0 Å². The topological polar surface area (TPSA) is 24.9 Å². The van der Waals surface area contributed by atoms with Crippen molar-refractivity contribution in [2.75, 3.05) is 5.88 Å². The van der Waals surface area contributed by atoms with Crippen molar-refractivity contribution >= 4 is 22.9 Å². The molecule has 0 amide bonds. The summed E-state index contributed by atoms with van der Waals surface area (Å²) in [5.74, 6) is 0.718. The van der Waals surface area contributed by atoms with Crippen LogP contribution in [-0.4, -0.2) is 16.4 Å². The molecule has 1 heterocycles. The first-order valence-electron chi connectivity index (χ1n) is 4.46. The lowest BCUT2D eigenvalue weighted by molar-refractivity contribution is 0.538. The van der Waals surface area contributed by atoms with E-state index in [1.807, 2.05) is 6.92 Å². The number of alkyl halides is 1. The maximum atomic E-state index is 5.85. The van der Waals surface area contributed by atoms with Gasteiger partial charge in [0.05, 0.1) is 10.7 Å². The van der Waals surface area contributed by atoms with E-state index in [9.17, 15) is 0 Å². The van der Waals surface area contributed by atoms with Crippen LogP contribution in [0.2, 0.25) is 0 Å². The van der Waals surface area contributed by atoms with Crippen LogP contribution in [0.25, 0.3) is 0 Å². The van der Waals surface area contributed by atoms with E-state index in [0.29, 0.717) is 0 Å². The lowest BCUT2D eigenvalue weighted by Crippen LogP contribution is -2.32. The molecule has 0 bridgehead atoms. The number of aromatic nitrogens is 1. The summed E-state index contributed by atoms with van der Waals surface area (Å²) in [6.07, 6.45) is 2.42. The highest BCUT2D eigenvalue weighted by Gasteiger charge is 2.41. The fraction of sp³-hybridized carbons (Fsp3) is 0.667. The molecule has 2 nitrogen and oxygen atoms in total. The van der Waals surface area contributed by atoms with Crippen molar-refractivity contribution in [3.63, 3.8) is 0 Å². The molecule has 2 rings (SSSR count). The van der Waals surface area contributed by atoms with Gasteiger partial charge in [-0.1, -0.05) is 0 Å². The van der Waals surface area contributed by atoms with Crippen LogP contribution in [0.4, 0.5) is 0 Å². The summed E-state index contributed by atoms with van der Waals surface area (Å²) in [5.41, 5.74) is 1.37. The van der Waals surface area contributed by atoms with Gasteiger partial charge in [0, 0.05) is 23.3 Å². The van der Waals surface area contributed by atoms with Crippen LogP contribution in [0.15, 0.2) is 5.38 Å². The number of rotatable bonds is 4. The average Bonchev–Trinajstić information content (AvgIpc) is 2.81. The van der Waals surface area contributed by atoms with Crippen LogP contribution in [0, 0.1) is 6.92 Å². The van der Waals surface area contributed by atoms with Crippen LogP contribution >= 0.6 is 22.9 Å². The second-order valence-corrected chi connectivity index (χ2v) is 4.95. The molecule has 0 atom stereocenters. The minimum atomic E-state index is 0.235. The highest BCUT2D eigenvalue weighted by atomic mass is 35.5. The van der Waals surface area contributed by atoms with E-state index in [1.54, 1.807) is 11.3 Å². The van der Waals surface area contributed by atoms with Crippen molar-refractivity contribution in [3.05, 3.63) is 16.1 Å². The Labute approximate surface area is 87.3 Å². The van der Waals surface area contributed by atoms with Gasteiger partial charge in [0.15, 0.2) is 0 Å². The molecule has 1 aliphatic rings. The van der Waals surface area contributed by atoms with E-state index in [4.69, 9.17) is 11.6 Å². The SMILES string of the molecule is Cc1nc(CNC2(CCl)CC2)cs1. The quantitative estimate of drug-likeness (QED) is 0.782. The molecule has 0 unspecified atom stereocenters. The Morgan fingerprint density at radius 1 is 1.69 bits per heavy atom. The Bertz CT molecular complexity index is 294. The molecule has 1 aliphatic carbocycles. The molecule has 0 aromatic carbocycles. The third kappa shape index (κ3) is 2.22. The van der Waals surface area contributed by atoms with Gasteiger partial charge >= 0.3 is 0 Å². The maximum Gasteiger partial charge on any atom is 0.0897 e. The van der Waals surface area contributed by atoms with Gasteiger partial charge in [0.1, 0.15) is 0 Å². The summed E-state index contributed by atoms with van der Waals surface area (Å²) in [4.78, 5) is 4.39. The standard InChI is InChI=1S/C9H13ClN2S/c1-7-12-8(5-13-7)4-11-9(6-10)2-3-9/h5,11H,2-4,6H2,1H3. The largest absolute Gasteiger partial charge is 0.304 e. The average molecular weight is 217 g/mol. The van der Waals surface area contributed by atoms with Crippen LogP contribution in [0.1, 0.15) is 23.5 Å². The van der Waals surface area contributed by atoms with Crippen molar-refractivity contribution in [1.82, 2.24) is 10.3 Å². The Morgan fingerprint density at radius 3 is 2.92 bits per heavy atom. The van der Waals surface area contributed by atoms with Gasteiger partial charge < -0.3 is 5.32 Å². The Hall–Kier alpha value is -0.120. The van der Waals surface area contributed by atoms with E-state index >= 15 is 0 Å². The summed E-state index contributed by atoms with van der Waals surface area (Å²) in [5, 5.41) is 6.70. The molecule has 0 spiro atoms. The molecule has 1 fully saturated rings. The number of hydrogen-bond donors (Lipinski definition) is 1. The number of aryl methyl sites for hydroxylation is 1. The van der Waals surface area contributed by atoms with Gasteiger partial charge in [-0.25, -0.2) is 4.98 Å². The molecule has 0 radical (unpaired) electrons. The summed E-state index contributed by atoms with van der Waals surface area (Å²) >= 11 is 7.55. The molecular formula is C9H13ClN2S. The van der Waals surface area contributed by atoms with E-state index in [-0.39, 0.29) is 5.54 Å². The molecule has 0 saturated heterocycles. The maximum absolute atomic E-state index is 5.85. The first kappa shape index (κ1) is 9.44. The van der Waals surface area contributed by atoms with Gasteiger partial charge in [-0.15, -0.1) is 22.9 Å². The third-order valence-corrected chi connectivity index (χ3v) is 3.75. The number of hydrogen-bond acceptors (Lipinski definition) is 3. The number of halogens is 1. The van der Waals surface area contributed by atoms with E-state index < -0.39 is 0 Å². The van der Waals surface area contributed by atoms with Gasteiger partial charge in [0.2, 0.25) is 0 Å². The zero-order valence-electron chi connectivity index (χ0n) is 7.64. The molecule has 1 aromatic rings. The minimum absolute atomic E-state index is 0.235. The van der Waals surface area contributed by atoms with E-state index in [0.717, 1.165) is 23.1 Å². The second kappa shape index (κ2) is 3.56. The predicted octanol–water partition coefficient (Wildman–Crippen LogP) is 2.31. The lowest BCUT2D eigenvalue weighted by Gasteiger charge is -2.11. The predicted molar refractivity (Wildman–Crippen MR) is 56.4 cm³/mol. The number of nitrogens with zero attached hydrogens (tertiary/aromatic N) is 1. The molecule has 4 heteroatoms. The Balaban J connectivity index is 1.86. The minimum Gasteiger partial charge on any atom is -0.304 e. The van der Waals surface area contributed by atoms with Gasteiger partial charge in [-0.2, -0.15) is 0 Å². The van der Waals surface area contributed by atoms with E-state index in [1.165, 1.54) is 12.8 Å². The molecular weight excluding hydrogens is 204 g/mol. The van der Waals surface area contributed by atoms with Crippen LogP contribution < -0.4 is 5.32 Å². The normalized spacial score (nSPS) is 18.9. The van der Waals surface area contributed by atoms with Crippen LogP contribution in [-0.2, 0) is 6.54 Å². The number of nitrogens with one attached hydrogen (secondary N) is 1. The first-order chi connectivity index (χ1) is 6.24. The third-order valence-electron chi connectivity index (χ3n) is 2.42. The molecule has 72 valence electrons. The highest BCUT2D eigenvalue weighted by Crippen LogP contribution is 2.36. The summed E-state index contributed by atoms with van der Waals surface area (Å²) in [6.45, 7) is 2.89. The Morgan fingerprint density at radius 2 is 2.46 bits per heavy atom. The molecule has 1 saturated carbocycles. The first-order valence-corrected chi connectivity index (χ1v) is 5.87. The highest BCUT2D eigenvalue weighted by molar-refractivity contribution is 7.09. The fourth-order valence-corrected chi connectivity index (χ4v) is 2.25. The van der Waals surface area contributed by atoms with Crippen molar-refractivity contribution in [3.8, 4) is 0 Å². The fourth-order valence-electron chi connectivity index (χ4n) is 1.28. The van der Waals surface area contributed by atoms with Gasteiger partial charge in [0.25, 0.3) is 0 Å². The second-order valence-electron chi connectivity index (χ2n) is 3.63. The lowest BCUT2D eigenvalue weighted by atomic mass is 10.3. The zero-order valence-corrected chi connectivity index (χ0v) is 9.21. The number of thiazole rings is 1. The van der Waals surface area contributed by atoms with Crippen LogP contribution in [0.5, 0.6) is 0 Å². The Kier molecular flexibility index (Phi) is 2.58. The molecule has 13 heavy (non-hydrogen) atoms. The molecule has 0 aliphatic heterocycles. The van der Waals surface area contributed by atoms with E-state index in [2.05, 4.69) is 15.7 Å². The summed E-state index contributed by atoms with van der Waals surface area (Å²) in [7, 11) is 0. The molecule has 1 aromatic heterocycles. The van der Waals surface area contributed by atoms with Crippen molar-refractivity contribution < 1.29 is 0 Å². The smallest absolute Gasteiger partial charge is 0.0897 e.